The van der Waals surface area contributed by atoms with Crippen LogP contribution in [0, 0.1) is 6.92 Å². The molecular formula is C18H25N3O2. The smallest absolute Gasteiger partial charge is 0.226 e. The van der Waals surface area contributed by atoms with Crippen molar-refractivity contribution >= 4 is 5.91 Å². The Morgan fingerprint density at radius 3 is 2.70 bits per heavy atom. The van der Waals surface area contributed by atoms with E-state index in [0.29, 0.717) is 13.0 Å². The summed E-state index contributed by atoms with van der Waals surface area (Å²) in [6, 6.07) is 5.58. The van der Waals surface area contributed by atoms with Gasteiger partial charge in [-0.15, -0.1) is 0 Å². The molecule has 0 bridgehead atoms. The summed E-state index contributed by atoms with van der Waals surface area (Å²) in [7, 11) is 0. The molecule has 5 heteroatoms. The Bertz CT molecular complexity index is 642. The lowest BCUT2D eigenvalue weighted by Crippen LogP contribution is -2.26. The first-order valence-electron chi connectivity index (χ1n) is 7.99. The molecule has 2 aromatic rings. The number of aromatic nitrogens is 2. The van der Waals surface area contributed by atoms with Crippen LogP contribution >= 0.6 is 0 Å². The summed E-state index contributed by atoms with van der Waals surface area (Å²) in [5, 5.41) is 2.92. The Hall–Kier alpha value is -2.17. The van der Waals surface area contributed by atoms with Gasteiger partial charge in [0, 0.05) is 30.3 Å². The number of amides is 1. The number of pyridine rings is 1. The van der Waals surface area contributed by atoms with Gasteiger partial charge in [0.05, 0.1) is 12.1 Å². The zero-order valence-electron chi connectivity index (χ0n) is 14.3. The van der Waals surface area contributed by atoms with Crippen molar-refractivity contribution in [2.45, 2.75) is 52.4 Å². The summed E-state index contributed by atoms with van der Waals surface area (Å²) in [4.78, 5) is 20.5. The van der Waals surface area contributed by atoms with Gasteiger partial charge in [0.25, 0.3) is 0 Å². The molecular weight excluding hydrogens is 290 g/mol. The average molecular weight is 315 g/mol. The molecule has 0 saturated heterocycles. The van der Waals surface area contributed by atoms with Crippen LogP contribution in [-0.4, -0.2) is 22.4 Å². The van der Waals surface area contributed by atoms with Crippen molar-refractivity contribution < 1.29 is 9.21 Å². The second-order valence-electron chi connectivity index (χ2n) is 6.73. The van der Waals surface area contributed by atoms with Crippen molar-refractivity contribution in [1.29, 1.82) is 0 Å². The molecule has 0 aliphatic heterocycles. The summed E-state index contributed by atoms with van der Waals surface area (Å²) in [5.74, 6) is 1.67. The first kappa shape index (κ1) is 17.2. The van der Waals surface area contributed by atoms with E-state index >= 15 is 0 Å². The molecule has 5 nitrogen and oxygen atoms in total. The van der Waals surface area contributed by atoms with Crippen LogP contribution < -0.4 is 5.32 Å². The predicted molar refractivity (Wildman–Crippen MR) is 89.2 cm³/mol. The second kappa shape index (κ2) is 7.40. The Morgan fingerprint density at radius 1 is 1.30 bits per heavy atom. The van der Waals surface area contributed by atoms with Gasteiger partial charge in [-0.3, -0.25) is 9.78 Å². The Balaban J connectivity index is 1.75. The van der Waals surface area contributed by atoms with E-state index in [1.807, 2.05) is 25.1 Å². The van der Waals surface area contributed by atoms with Crippen molar-refractivity contribution in [3.05, 3.63) is 47.4 Å². The van der Waals surface area contributed by atoms with Crippen LogP contribution in [0.4, 0.5) is 0 Å². The highest BCUT2D eigenvalue weighted by Crippen LogP contribution is 2.24. The van der Waals surface area contributed by atoms with Gasteiger partial charge in [-0.05, 0) is 25.5 Å². The van der Waals surface area contributed by atoms with Gasteiger partial charge < -0.3 is 9.73 Å². The normalized spacial score (nSPS) is 11.5. The highest BCUT2D eigenvalue weighted by Gasteiger charge is 2.21. The summed E-state index contributed by atoms with van der Waals surface area (Å²) in [6.45, 7) is 8.84. The molecule has 2 heterocycles. The van der Waals surface area contributed by atoms with Crippen molar-refractivity contribution in [2.24, 2.45) is 0 Å². The number of carbonyl (C=O) groups excluding carboxylic acids is 1. The number of rotatable bonds is 6. The minimum atomic E-state index is -0.0834. The molecule has 0 aliphatic rings. The standard InChI is InChI=1S/C18H25N3O2/c1-13-15(23-17(21-13)18(2,3)4)9-7-11-20-16(22)12-14-8-5-6-10-19-14/h5-6,8,10H,7,9,11-12H2,1-4H3,(H,20,22). The van der Waals surface area contributed by atoms with Gasteiger partial charge in [-0.1, -0.05) is 26.8 Å². The van der Waals surface area contributed by atoms with Crippen LogP contribution in [0.5, 0.6) is 0 Å². The van der Waals surface area contributed by atoms with Crippen LogP contribution in [0.15, 0.2) is 28.8 Å². The summed E-state index contributed by atoms with van der Waals surface area (Å²) >= 11 is 0. The van der Waals surface area contributed by atoms with E-state index in [4.69, 9.17) is 4.42 Å². The van der Waals surface area contributed by atoms with Crippen molar-refractivity contribution in [2.75, 3.05) is 6.54 Å². The molecule has 1 N–H and O–H groups in total. The molecule has 0 saturated carbocycles. The van der Waals surface area contributed by atoms with E-state index in [2.05, 4.69) is 36.1 Å². The number of aryl methyl sites for hydroxylation is 2. The van der Waals surface area contributed by atoms with E-state index in [0.717, 1.165) is 35.9 Å². The number of hydrogen-bond donors (Lipinski definition) is 1. The molecule has 2 rings (SSSR count). The van der Waals surface area contributed by atoms with Gasteiger partial charge in [-0.25, -0.2) is 4.98 Å². The number of oxazole rings is 1. The minimum Gasteiger partial charge on any atom is -0.445 e. The molecule has 0 aromatic carbocycles. The molecule has 124 valence electrons. The number of carbonyl (C=O) groups is 1. The van der Waals surface area contributed by atoms with Crippen LogP contribution in [-0.2, 0) is 23.1 Å². The minimum absolute atomic E-state index is 0.00614. The molecule has 2 aromatic heterocycles. The molecule has 1 amide bonds. The largest absolute Gasteiger partial charge is 0.445 e. The van der Waals surface area contributed by atoms with Gasteiger partial charge >= 0.3 is 0 Å². The van der Waals surface area contributed by atoms with E-state index < -0.39 is 0 Å². The highest BCUT2D eigenvalue weighted by atomic mass is 16.4. The predicted octanol–water partition coefficient (Wildman–Crippen LogP) is 2.97. The van der Waals surface area contributed by atoms with E-state index in [-0.39, 0.29) is 11.3 Å². The third-order valence-corrected chi connectivity index (χ3v) is 3.50. The van der Waals surface area contributed by atoms with Crippen LogP contribution in [0.3, 0.4) is 0 Å². The van der Waals surface area contributed by atoms with Crippen LogP contribution in [0.25, 0.3) is 0 Å². The zero-order valence-corrected chi connectivity index (χ0v) is 14.3. The maximum atomic E-state index is 11.8. The van der Waals surface area contributed by atoms with Crippen molar-refractivity contribution in [3.8, 4) is 0 Å². The second-order valence-corrected chi connectivity index (χ2v) is 6.73. The first-order chi connectivity index (χ1) is 10.9. The number of hydrogen-bond acceptors (Lipinski definition) is 4. The molecule has 0 unspecified atom stereocenters. The van der Waals surface area contributed by atoms with Crippen LogP contribution in [0.2, 0.25) is 0 Å². The Morgan fingerprint density at radius 2 is 2.09 bits per heavy atom. The number of nitrogens with zero attached hydrogens (tertiary/aromatic N) is 2. The summed E-state index contributed by atoms with van der Waals surface area (Å²) in [6.07, 6.45) is 3.62. The molecule has 23 heavy (non-hydrogen) atoms. The summed E-state index contributed by atoms with van der Waals surface area (Å²) in [5.41, 5.74) is 1.64. The van der Waals surface area contributed by atoms with E-state index in [9.17, 15) is 4.79 Å². The van der Waals surface area contributed by atoms with E-state index in [1.54, 1.807) is 6.20 Å². The lowest BCUT2D eigenvalue weighted by atomic mass is 9.97. The molecule has 0 atom stereocenters. The Labute approximate surface area is 137 Å². The maximum Gasteiger partial charge on any atom is 0.226 e. The number of nitrogens with one attached hydrogen (secondary N) is 1. The molecule has 0 radical (unpaired) electrons. The first-order valence-corrected chi connectivity index (χ1v) is 7.99. The molecule has 0 aliphatic carbocycles. The summed E-state index contributed by atoms with van der Waals surface area (Å²) < 4.78 is 5.85. The molecule has 0 fully saturated rings. The highest BCUT2D eigenvalue weighted by molar-refractivity contribution is 5.77. The monoisotopic (exact) mass is 315 g/mol. The van der Waals surface area contributed by atoms with Crippen molar-refractivity contribution in [3.63, 3.8) is 0 Å². The fraction of sp³-hybridized carbons (Fsp3) is 0.500. The topological polar surface area (TPSA) is 68.0 Å². The quantitative estimate of drug-likeness (QED) is 0.832. The lowest BCUT2D eigenvalue weighted by molar-refractivity contribution is -0.120. The lowest BCUT2D eigenvalue weighted by Gasteiger charge is -2.12. The van der Waals surface area contributed by atoms with Gasteiger partial charge in [0.15, 0.2) is 5.89 Å². The fourth-order valence-electron chi connectivity index (χ4n) is 2.19. The molecule has 0 spiro atoms. The Kier molecular flexibility index (Phi) is 5.53. The fourth-order valence-corrected chi connectivity index (χ4v) is 2.19. The maximum absolute atomic E-state index is 11.8. The third-order valence-electron chi connectivity index (χ3n) is 3.50. The van der Waals surface area contributed by atoms with E-state index in [1.165, 1.54) is 0 Å². The van der Waals surface area contributed by atoms with Gasteiger partial charge in [0.1, 0.15) is 5.76 Å². The van der Waals surface area contributed by atoms with Crippen LogP contribution in [0.1, 0.15) is 50.2 Å². The van der Waals surface area contributed by atoms with Gasteiger partial charge in [0.2, 0.25) is 5.91 Å². The SMILES string of the molecule is Cc1nc(C(C)(C)C)oc1CCCNC(=O)Cc1ccccn1. The van der Waals surface area contributed by atoms with Gasteiger partial charge in [-0.2, -0.15) is 0 Å². The average Bonchev–Trinajstić information content (AvgIpc) is 2.86. The zero-order chi connectivity index (χ0) is 16.9. The van der Waals surface area contributed by atoms with Crippen molar-refractivity contribution in [1.82, 2.24) is 15.3 Å². The third kappa shape index (κ3) is 5.20.